The Kier molecular flexibility index (Phi) is 18.7. The van der Waals surface area contributed by atoms with Crippen LogP contribution in [0, 0.1) is 22.7 Å². The number of hydrogen-bond donors (Lipinski definition) is 4. The van der Waals surface area contributed by atoms with Crippen molar-refractivity contribution in [3.8, 4) is 12.1 Å². The van der Waals surface area contributed by atoms with E-state index in [0.717, 1.165) is 0 Å². The molecule has 0 aromatic heterocycles. The normalized spacial score (nSPS) is 11.8. The number of nitriles is 2. The van der Waals surface area contributed by atoms with Gasteiger partial charge in [0.25, 0.3) is 0 Å². The van der Waals surface area contributed by atoms with E-state index >= 15 is 0 Å². The summed E-state index contributed by atoms with van der Waals surface area (Å²) in [5.41, 5.74) is -0.520. The van der Waals surface area contributed by atoms with E-state index in [1.54, 1.807) is 21.9 Å². The van der Waals surface area contributed by atoms with Gasteiger partial charge in [0, 0.05) is 32.6 Å². The Morgan fingerprint density at radius 1 is 0.686 bits per heavy atom. The second kappa shape index (κ2) is 20.9. The molecule has 12 nitrogen and oxygen atoms in total. The molecule has 0 aliphatic rings. The van der Waals surface area contributed by atoms with Crippen LogP contribution in [-0.4, -0.2) is 108 Å². The van der Waals surface area contributed by atoms with E-state index in [0.29, 0.717) is 0 Å². The van der Waals surface area contributed by atoms with Gasteiger partial charge in [0.15, 0.2) is 0 Å². The summed E-state index contributed by atoms with van der Waals surface area (Å²) in [5, 5.41) is 54.0. The van der Waals surface area contributed by atoms with Crippen molar-refractivity contribution in [3.63, 3.8) is 0 Å². The van der Waals surface area contributed by atoms with E-state index in [9.17, 15) is 9.59 Å². The number of esters is 2. The number of aliphatic hydroxyl groups excluding tert-OH is 4. The van der Waals surface area contributed by atoms with Gasteiger partial charge in [-0.25, -0.2) is 9.59 Å². The Morgan fingerprint density at radius 2 is 1.03 bits per heavy atom. The van der Waals surface area contributed by atoms with Crippen LogP contribution in [0.15, 0.2) is 47.9 Å². The highest BCUT2D eigenvalue weighted by Gasteiger charge is 2.11. The minimum absolute atomic E-state index is 0.123. The molecule has 0 aromatic rings. The summed E-state index contributed by atoms with van der Waals surface area (Å²) in [5.74, 6) is -1.73. The van der Waals surface area contributed by atoms with Crippen molar-refractivity contribution in [2.24, 2.45) is 0 Å². The van der Waals surface area contributed by atoms with Gasteiger partial charge in [-0.1, -0.05) is 0 Å². The molecule has 12 heteroatoms. The van der Waals surface area contributed by atoms with Gasteiger partial charge in [-0.15, -0.1) is 0 Å². The number of carbonyl (C=O) groups is 2. The van der Waals surface area contributed by atoms with Crippen molar-refractivity contribution in [3.05, 3.63) is 47.9 Å². The van der Waals surface area contributed by atoms with E-state index in [4.69, 9.17) is 40.4 Å². The Labute approximate surface area is 204 Å². The van der Waals surface area contributed by atoms with E-state index in [2.05, 4.69) is 0 Å². The number of rotatable bonds is 18. The van der Waals surface area contributed by atoms with Gasteiger partial charge in [0.05, 0.1) is 39.6 Å². The summed E-state index contributed by atoms with van der Waals surface area (Å²) in [6.45, 7) is 0.370. The zero-order chi connectivity index (χ0) is 26.3. The SMILES string of the molecule is N#CC(=CC=CN(CCO)CCO)C(=O)OCCCOC(=O)C(C#N)=CC=CN(CCO)CCO. The molecule has 0 aliphatic heterocycles. The van der Waals surface area contributed by atoms with Crippen molar-refractivity contribution >= 4 is 11.9 Å². The number of allylic oxidation sites excluding steroid dienone is 4. The van der Waals surface area contributed by atoms with Crippen molar-refractivity contribution in [1.82, 2.24) is 9.80 Å². The molecule has 0 bridgehead atoms. The second-order valence-corrected chi connectivity index (χ2v) is 6.66. The highest BCUT2D eigenvalue weighted by molar-refractivity contribution is 5.93. The van der Waals surface area contributed by atoms with E-state index in [-0.39, 0.29) is 83.4 Å². The van der Waals surface area contributed by atoms with Gasteiger partial charge in [-0.3, -0.25) is 0 Å². The maximum Gasteiger partial charge on any atom is 0.348 e. The summed E-state index contributed by atoms with van der Waals surface area (Å²) in [6.07, 6.45) is 8.50. The molecule has 0 unspecified atom stereocenters. The first-order valence-corrected chi connectivity index (χ1v) is 10.8. The molecule has 35 heavy (non-hydrogen) atoms. The highest BCUT2D eigenvalue weighted by atomic mass is 16.5. The zero-order valence-corrected chi connectivity index (χ0v) is 19.5. The number of carbonyl (C=O) groups excluding carboxylic acids is 2. The van der Waals surface area contributed by atoms with Crippen LogP contribution in [-0.2, 0) is 19.1 Å². The van der Waals surface area contributed by atoms with Crippen molar-refractivity contribution in [2.45, 2.75) is 6.42 Å². The number of nitrogens with zero attached hydrogens (tertiary/aromatic N) is 4. The minimum atomic E-state index is -0.864. The van der Waals surface area contributed by atoms with Crippen LogP contribution in [0.4, 0.5) is 0 Å². The molecular formula is C23H32N4O8. The van der Waals surface area contributed by atoms with E-state index < -0.39 is 11.9 Å². The fraction of sp³-hybridized carbons (Fsp3) is 0.478. The average molecular weight is 493 g/mol. The molecule has 0 saturated carbocycles. The van der Waals surface area contributed by atoms with Gasteiger partial charge in [-0.2, -0.15) is 10.5 Å². The topological polar surface area (TPSA) is 188 Å². The number of hydrogen-bond acceptors (Lipinski definition) is 12. The molecule has 192 valence electrons. The van der Waals surface area contributed by atoms with Gasteiger partial charge in [0.2, 0.25) is 0 Å². The van der Waals surface area contributed by atoms with Crippen LogP contribution in [0.2, 0.25) is 0 Å². The number of aliphatic hydroxyl groups is 4. The molecule has 0 spiro atoms. The van der Waals surface area contributed by atoms with Crippen LogP contribution < -0.4 is 0 Å². The van der Waals surface area contributed by atoms with Gasteiger partial charge in [-0.05, 0) is 36.7 Å². The molecule has 0 saturated heterocycles. The fourth-order valence-electron chi connectivity index (χ4n) is 2.40. The Hall–Kier alpha value is -3.68. The van der Waals surface area contributed by atoms with Gasteiger partial charge in [0.1, 0.15) is 23.3 Å². The molecule has 0 rings (SSSR count). The summed E-state index contributed by atoms with van der Waals surface area (Å²) in [4.78, 5) is 27.2. The van der Waals surface area contributed by atoms with Gasteiger partial charge < -0.3 is 39.7 Å². The quantitative estimate of drug-likeness (QED) is 0.0599. The van der Waals surface area contributed by atoms with Crippen LogP contribution in [0.3, 0.4) is 0 Å². The lowest BCUT2D eigenvalue weighted by Gasteiger charge is -2.16. The molecule has 0 aliphatic carbocycles. The summed E-state index contributed by atoms with van der Waals surface area (Å²) < 4.78 is 9.94. The minimum Gasteiger partial charge on any atom is -0.461 e. The molecule has 4 N–H and O–H groups in total. The van der Waals surface area contributed by atoms with Crippen molar-refractivity contribution < 1.29 is 39.5 Å². The summed E-state index contributed by atoms with van der Waals surface area (Å²) >= 11 is 0. The average Bonchev–Trinajstić information content (AvgIpc) is 2.84. The van der Waals surface area contributed by atoms with Crippen LogP contribution in [0.1, 0.15) is 6.42 Å². The molecule has 0 heterocycles. The van der Waals surface area contributed by atoms with Crippen LogP contribution in [0.5, 0.6) is 0 Å². The van der Waals surface area contributed by atoms with Gasteiger partial charge >= 0.3 is 11.9 Å². The monoisotopic (exact) mass is 492 g/mol. The van der Waals surface area contributed by atoms with Crippen LogP contribution in [0.25, 0.3) is 0 Å². The first kappa shape index (κ1) is 31.3. The molecule has 0 radical (unpaired) electrons. The van der Waals surface area contributed by atoms with E-state index in [1.165, 1.54) is 36.7 Å². The van der Waals surface area contributed by atoms with E-state index in [1.807, 2.05) is 0 Å². The predicted molar refractivity (Wildman–Crippen MR) is 124 cm³/mol. The lowest BCUT2D eigenvalue weighted by Crippen LogP contribution is -2.24. The summed E-state index contributed by atoms with van der Waals surface area (Å²) in [6, 6.07) is 3.43. The van der Waals surface area contributed by atoms with Crippen molar-refractivity contribution in [2.75, 3.05) is 65.8 Å². The molecule has 0 atom stereocenters. The third-order valence-corrected chi connectivity index (χ3v) is 4.10. The fourth-order valence-corrected chi connectivity index (χ4v) is 2.40. The smallest absolute Gasteiger partial charge is 0.348 e. The lowest BCUT2D eigenvalue weighted by atomic mass is 10.2. The summed E-state index contributed by atoms with van der Waals surface area (Å²) in [7, 11) is 0. The second-order valence-electron chi connectivity index (χ2n) is 6.66. The third kappa shape index (κ3) is 15.0. The molecule has 0 amide bonds. The first-order chi connectivity index (χ1) is 17.0. The predicted octanol–water partition coefficient (Wildman–Crippen LogP) is -1.04. The maximum atomic E-state index is 12.0. The Balaban J connectivity index is 4.59. The third-order valence-electron chi connectivity index (χ3n) is 4.10. The standard InChI is InChI=1S/C23H32N4O8/c24-18-20(4-1-6-26(8-12-28)9-13-29)22(32)34-16-3-17-35-23(33)21(19-25)5-2-7-27(10-14-30)11-15-31/h1-2,4-7,28-31H,3,8-17H2. The largest absolute Gasteiger partial charge is 0.461 e. The maximum absolute atomic E-state index is 12.0. The Morgan fingerprint density at radius 3 is 1.31 bits per heavy atom. The lowest BCUT2D eigenvalue weighted by molar-refractivity contribution is -0.140. The van der Waals surface area contributed by atoms with Crippen LogP contribution >= 0.6 is 0 Å². The Bertz CT molecular complexity index is 759. The number of ether oxygens (including phenoxy) is 2. The molecular weight excluding hydrogens is 460 g/mol. The molecule has 0 aromatic carbocycles. The first-order valence-electron chi connectivity index (χ1n) is 10.8. The zero-order valence-electron chi connectivity index (χ0n) is 19.5. The highest BCUT2D eigenvalue weighted by Crippen LogP contribution is 2.02. The van der Waals surface area contributed by atoms with Crippen molar-refractivity contribution in [1.29, 1.82) is 10.5 Å². The molecule has 0 fully saturated rings.